The molecule has 0 atom stereocenters. The number of hydrogen-bond acceptors (Lipinski definition) is 5. The summed E-state index contributed by atoms with van der Waals surface area (Å²) in [5.74, 6) is 0. The van der Waals surface area contributed by atoms with Crippen molar-refractivity contribution in [3.63, 3.8) is 0 Å². The molecule has 1 amide bonds. The third-order valence-corrected chi connectivity index (χ3v) is 6.43. The molecule has 82 valence electrons. The maximum absolute atomic E-state index is 11.5. The third-order valence-electron chi connectivity index (χ3n) is 1.28. The van der Waals surface area contributed by atoms with Crippen LogP contribution in [-0.2, 0) is 8.87 Å². The lowest BCUT2D eigenvalue weighted by molar-refractivity contribution is 0.202. The summed E-state index contributed by atoms with van der Waals surface area (Å²) < 4.78 is 24.9. The molecule has 0 radical (unpaired) electrons. The van der Waals surface area contributed by atoms with Crippen molar-refractivity contribution >= 4 is 35.8 Å². The number of hydrogen-bond donors (Lipinski definition) is 2. The first-order valence-corrected chi connectivity index (χ1v) is 7.81. The summed E-state index contributed by atoms with van der Waals surface area (Å²) in [4.78, 5) is 10.2. The minimum atomic E-state index is -3.50. The summed E-state index contributed by atoms with van der Waals surface area (Å²) in [5.41, 5.74) is 0. The van der Waals surface area contributed by atoms with E-state index in [0.717, 1.165) is 0 Å². The van der Waals surface area contributed by atoms with Crippen LogP contribution in [-0.4, -0.2) is 19.6 Å². The zero-order valence-corrected chi connectivity index (χ0v) is 9.73. The molecular weight excluding hydrogens is 258 g/mol. The maximum Gasteiger partial charge on any atom is 0.415 e. The van der Waals surface area contributed by atoms with Gasteiger partial charge in [0.1, 0.15) is 0 Å². The summed E-state index contributed by atoms with van der Waals surface area (Å²) in [6.45, 7) is 0. The fraction of sp³-hybridized carbons (Fsp3) is 0. The second-order valence-electron chi connectivity index (χ2n) is 2.33. The summed E-state index contributed by atoms with van der Waals surface area (Å²) in [7, 11) is -2.50. The van der Waals surface area contributed by atoms with E-state index in [-0.39, 0.29) is 4.90 Å². The Bertz CT molecular complexity index is 431. The van der Waals surface area contributed by atoms with Gasteiger partial charge in [0, 0.05) is 11.0 Å². The predicted octanol–water partition coefficient (Wildman–Crippen LogP) is 1.94. The molecule has 1 rings (SSSR count). The van der Waals surface area contributed by atoms with Crippen molar-refractivity contribution in [3.8, 4) is 0 Å². The van der Waals surface area contributed by atoms with Crippen LogP contribution in [0.25, 0.3) is 0 Å². The van der Waals surface area contributed by atoms with Gasteiger partial charge in [0.05, 0.1) is 14.7 Å². The quantitative estimate of drug-likeness (QED) is 0.639. The van der Waals surface area contributed by atoms with E-state index in [1.807, 2.05) is 4.72 Å². The van der Waals surface area contributed by atoms with Crippen LogP contribution >= 0.6 is 20.8 Å². The van der Waals surface area contributed by atoms with Gasteiger partial charge in [-0.3, -0.25) is 4.72 Å². The zero-order chi connectivity index (χ0) is 11.3. The smallest absolute Gasteiger partial charge is 0.415 e. The Morgan fingerprint density at radius 1 is 1.27 bits per heavy atom. The van der Waals surface area contributed by atoms with Gasteiger partial charge >= 0.3 is 6.09 Å². The van der Waals surface area contributed by atoms with Gasteiger partial charge < -0.3 is 5.11 Å². The fourth-order valence-electron chi connectivity index (χ4n) is 0.724. The normalized spacial score (nSPS) is 10.9. The van der Waals surface area contributed by atoms with E-state index in [1.54, 1.807) is 18.2 Å². The first-order chi connectivity index (χ1) is 7.02. The molecular formula is C7H7NO4S3. The number of nitrogens with one attached hydrogen (secondary N) is 1. The number of carbonyl (C=O) groups is 1. The van der Waals surface area contributed by atoms with Crippen molar-refractivity contribution in [2.24, 2.45) is 0 Å². The molecule has 0 saturated carbocycles. The molecule has 0 bridgehead atoms. The number of rotatable bonds is 4. The average molecular weight is 265 g/mol. The molecule has 0 saturated heterocycles. The summed E-state index contributed by atoms with van der Waals surface area (Å²) in [5, 5.41) is 8.24. The summed E-state index contributed by atoms with van der Waals surface area (Å²) in [6.07, 6.45) is -1.28. The number of benzene rings is 1. The van der Waals surface area contributed by atoms with E-state index in [4.69, 9.17) is 5.11 Å². The molecule has 1 aromatic carbocycles. The van der Waals surface area contributed by atoms with Crippen LogP contribution in [0, 0.1) is 0 Å². The molecule has 0 unspecified atom stereocenters. The second kappa shape index (κ2) is 5.29. The number of amides is 1. The molecule has 1 aromatic rings. The lowest BCUT2D eigenvalue weighted by atomic mass is 10.4. The zero-order valence-electron chi connectivity index (χ0n) is 7.28. The van der Waals surface area contributed by atoms with Gasteiger partial charge in [-0.25, -0.2) is 13.2 Å². The van der Waals surface area contributed by atoms with E-state index < -0.39 is 15.0 Å². The Hall–Kier alpha value is -0.860. The van der Waals surface area contributed by atoms with E-state index in [2.05, 4.69) is 0 Å². The van der Waals surface area contributed by atoms with E-state index in [1.165, 1.54) is 12.1 Å². The molecule has 0 aliphatic carbocycles. The van der Waals surface area contributed by atoms with Gasteiger partial charge in [-0.15, -0.1) is 0 Å². The highest BCUT2D eigenvalue weighted by Gasteiger charge is 2.15. The van der Waals surface area contributed by atoms with Crippen molar-refractivity contribution in [3.05, 3.63) is 30.3 Å². The standard InChI is InChI=1S/C7H7NO4S3/c9-7(10)8-13-14-15(11,12)6-4-2-1-3-5-6/h1-5,8H,(H,9,10). The minimum absolute atomic E-state index is 0.148. The van der Waals surface area contributed by atoms with Crippen molar-refractivity contribution in [2.75, 3.05) is 0 Å². The van der Waals surface area contributed by atoms with Crippen molar-refractivity contribution in [1.82, 2.24) is 4.72 Å². The number of carboxylic acid groups (broad SMARTS) is 1. The lowest BCUT2D eigenvalue weighted by Crippen LogP contribution is -2.10. The van der Waals surface area contributed by atoms with Crippen molar-refractivity contribution < 1.29 is 18.3 Å². The molecule has 0 aliphatic rings. The van der Waals surface area contributed by atoms with Crippen LogP contribution in [0.3, 0.4) is 0 Å². The second-order valence-corrected chi connectivity index (χ2v) is 7.66. The van der Waals surface area contributed by atoms with Gasteiger partial charge in [-0.1, -0.05) is 18.2 Å². The van der Waals surface area contributed by atoms with E-state index in [9.17, 15) is 13.2 Å². The third kappa shape index (κ3) is 4.02. The van der Waals surface area contributed by atoms with Crippen LogP contribution in [0.15, 0.2) is 35.2 Å². The van der Waals surface area contributed by atoms with Crippen molar-refractivity contribution in [2.45, 2.75) is 4.90 Å². The fourth-order valence-corrected chi connectivity index (χ4v) is 4.46. The lowest BCUT2D eigenvalue weighted by Gasteiger charge is -2.01. The van der Waals surface area contributed by atoms with Crippen LogP contribution in [0.5, 0.6) is 0 Å². The molecule has 0 aromatic heterocycles. The maximum atomic E-state index is 11.5. The Kier molecular flexibility index (Phi) is 4.30. The highest BCUT2D eigenvalue weighted by molar-refractivity contribution is 9.06. The largest absolute Gasteiger partial charge is 0.464 e. The van der Waals surface area contributed by atoms with Crippen molar-refractivity contribution in [1.29, 1.82) is 0 Å². The van der Waals surface area contributed by atoms with Crippen LogP contribution < -0.4 is 4.72 Å². The molecule has 0 heterocycles. The Morgan fingerprint density at radius 3 is 2.40 bits per heavy atom. The Labute approximate surface area is 94.1 Å². The van der Waals surface area contributed by atoms with Gasteiger partial charge in [-0.05, 0) is 12.1 Å². The highest BCUT2D eigenvalue weighted by Crippen LogP contribution is 2.31. The minimum Gasteiger partial charge on any atom is -0.464 e. The Balaban J connectivity index is 2.65. The first kappa shape index (κ1) is 12.2. The predicted molar refractivity (Wildman–Crippen MR) is 60.0 cm³/mol. The van der Waals surface area contributed by atoms with Gasteiger partial charge in [-0.2, -0.15) is 0 Å². The SMILES string of the molecule is O=C(O)NSSS(=O)(=O)c1ccccc1. The monoisotopic (exact) mass is 265 g/mol. The molecule has 8 heteroatoms. The molecule has 0 fully saturated rings. The summed E-state index contributed by atoms with van der Waals surface area (Å²) >= 11 is 0. The topological polar surface area (TPSA) is 83.5 Å². The Morgan fingerprint density at radius 2 is 1.87 bits per heavy atom. The highest BCUT2D eigenvalue weighted by atomic mass is 33.5. The molecule has 0 aliphatic heterocycles. The summed E-state index contributed by atoms with van der Waals surface area (Å²) in [6, 6.07) is 7.80. The van der Waals surface area contributed by atoms with Gasteiger partial charge in [0.2, 0.25) is 8.87 Å². The van der Waals surface area contributed by atoms with Gasteiger partial charge in [0.15, 0.2) is 0 Å². The van der Waals surface area contributed by atoms with E-state index in [0.29, 0.717) is 20.8 Å². The molecule has 0 spiro atoms. The van der Waals surface area contributed by atoms with Crippen LogP contribution in [0.2, 0.25) is 0 Å². The van der Waals surface area contributed by atoms with E-state index >= 15 is 0 Å². The average Bonchev–Trinajstić information content (AvgIpc) is 2.18. The first-order valence-electron chi connectivity index (χ1n) is 3.66. The van der Waals surface area contributed by atoms with Crippen LogP contribution in [0.4, 0.5) is 4.79 Å². The molecule has 2 N–H and O–H groups in total. The molecule has 5 nitrogen and oxygen atoms in total. The molecule has 15 heavy (non-hydrogen) atoms. The van der Waals surface area contributed by atoms with Crippen LogP contribution in [0.1, 0.15) is 0 Å². The van der Waals surface area contributed by atoms with Gasteiger partial charge in [0.25, 0.3) is 0 Å².